The summed E-state index contributed by atoms with van der Waals surface area (Å²) < 4.78 is 17.1. The minimum absolute atomic E-state index is 0.148. The van der Waals surface area contributed by atoms with Crippen molar-refractivity contribution in [2.24, 2.45) is 0 Å². The minimum Gasteiger partial charge on any atom is -0.449 e. The number of carbonyl (C=O) groups excluding carboxylic acids is 3. The molecule has 8 heteroatoms. The number of ether oxygens (including phenoxy) is 1. The number of amides is 2. The van der Waals surface area contributed by atoms with Crippen molar-refractivity contribution in [3.05, 3.63) is 54.1 Å². The van der Waals surface area contributed by atoms with Crippen molar-refractivity contribution in [2.45, 2.75) is 17.9 Å². The number of fused-ring (bicyclic) bond motifs is 1. The van der Waals surface area contributed by atoms with Crippen LogP contribution in [-0.2, 0) is 25.1 Å². The van der Waals surface area contributed by atoms with E-state index in [9.17, 15) is 18.6 Å². The minimum atomic E-state index is -1.37. The fourth-order valence-corrected chi connectivity index (χ4v) is 3.54. The summed E-state index contributed by atoms with van der Waals surface area (Å²) in [5.41, 5.74) is 1.21. The second-order valence-corrected chi connectivity index (χ2v) is 7.34. The molecule has 0 bridgehead atoms. The van der Waals surface area contributed by atoms with Gasteiger partial charge in [0.05, 0.1) is 32.6 Å². The first kappa shape index (κ1) is 18.8. The molecule has 2 atom stereocenters. The quantitative estimate of drug-likeness (QED) is 0.811. The van der Waals surface area contributed by atoms with Crippen LogP contribution < -0.4 is 10.2 Å². The Morgan fingerprint density at radius 2 is 1.81 bits per heavy atom. The van der Waals surface area contributed by atoms with E-state index in [4.69, 9.17) is 4.74 Å². The SMILES string of the molecule is C[C@H](OC(=O)c1ccccc1[S@](C)=O)C(=O)N1CC(=O)Nc2ccccc21. The molecule has 140 valence electrons. The van der Waals surface area contributed by atoms with E-state index in [1.165, 1.54) is 24.1 Å². The first-order valence-corrected chi connectivity index (χ1v) is 9.78. The zero-order valence-corrected chi connectivity index (χ0v) is 15.6. The number of benzene rings is 2. The van der Waals surface area contributed by atoms with Crippen LogP contribution in [0, 0.1) is 0 Å². The van der Waals surface area contributed by atoms with Gasteiger partial charge in [-0.15, -0.1) is 0 Å². The molecule has 0 saturated heterocycles. The zero-order valence-electron chi connectivity index (χ0n) is 14.8. The van der Waals surface area contributed by atoms with Crippen molar-refractivity contribution in [3.63, 3.8) is 0 Å². The fourth-order valence-electron chi connectivity index (χ4n) is 2.81. The van der Waals surface area contributed by atoms with Crippen LogP contribution in [0.4, 0.5) is 11.4 Å². The average Bonchev–Trinajstić information content (AvgIpc) is 2.66. The highest BCUT2D eigenvalue weighted by atomic mass is 32.2. The summed E-state index contributed by atoms with van der Waals surface area (Å²) in [6.45, 7) is 1.29. The molecule has 1 heterocycles. The zero-order chi connectivity index (χ0) is 19.6. The molecule has 0 aromatic heterocycles. The third-order valence-corrected chi connectivity index (χ3v) is 5.06. The van der Waals surface area contributed by atoms with E-state index in [1.807, 2.05) is 0 Å². The van der Waals surface area contributed by atoms with Crippen molar-refractivity contribution in [1.29, 1.82) is 0 Å². The van der Waals surface area contributed by atoms with E-state index in [0.717, 1.165) is 0 Å². The molecule has 0 spiro atoms. The number of para-hydroxylation sites is 2. The van der Waals surface area contributed by atoms with Gasteiger partial charge in [0.2, 0.25) is 5.91 Å². The second kappa shape index (κ2) is 7.71. The van der Waals surface area contributed by atoms with Crippen LogP contribution in [0.25, 0.3) is 0 Å². The summed E-state index contributed by atoms with van der Waals surface area (Å²) in [5.74, 6) is -1.58. The first-order valence-electron chi connectivity index (χ1n) is 8.22. The van der Waals surface area contributed by atoms with Crippen LogP contribution in [0.5, 0.6) is 0 Å². The Kier molecular flexibility index (Phi) is 5.36. The van der Waals surface area contributed by atoms with Gasteiger partial charge in [0, 0.05) is 6.26 Å². The Morgan fingerprint density at radius 3 is 2.56 bits per heavy atom. The Morgan fingerprint density at radius 1 is 1.15 bits per heavy atom. The normalized spacial score (nSPS) is 15.3. The molecule has 1 aliphatic heterocycles. The lowest BCUT2D eigenvalue weighted by molar-refractivity contribution is -0.128. The monoisotopic (exact) mass is 386 g/mol. The standard InChI is InChI=1S/C19H18N2O5S/c1-12(26-19(24)13-7-3-6-10-16(13)27(2)25)18(23)21-11-17(22)20-14-8-4-5-9-15(14)21/h3-10,12H,11H2,1-2H3,(H,20,22)/t12-,27-/m0/s1. The van der Waals surface area contributed by atoms with Gasteiger partial charge in [-0.1, -0.05) is 24.3 Å². The van der Waals surface area contributed by atoms with Gasteiger partial charge >= 0.3 is 5.97 Å². The maximum Gasteiger partial charge on any atom is 0.340 e. The van der Waals surface area contributed by atoms with Gasteiger partial charge in [-0.25, -0.2) is 4.79 Å². The molecule has 0 saturated carbocycles. The van der Waals surface area contributed by atoms with Crippen LogP contribution in [0.2, 0.25) is 0 Å². The molecule has 0 aliphatic carbocycles. The van der Waals surface area contributed by atoms with Crippen molar-refractivity contribution in [3.8, 4) is 0 Å². The number of rotatable bonds is 4. The molecule has 2 aromatic carbocycles. The predicted octanol–water partition coefficient (Wildman–Crippen LogP) is 1.95. The highest BCUT2D eigenvalue weighted by Crippen LogP contribution is 2.29. The van der Waals surface area contributed by atoms with Gasteiger partial charge in [-0.2, -0.15) is 0 Å². The van der Waals surface area contributed by atoms with Gasteiger partial charge in [0.1, 0.15) is 6.54 Å². The lowest BCUT2D eigenvalue weighted by Gasteiger charge is -2.30. The molecule has 1 N–H and O–H groups in total. The topological polar surface area (TPSA) is 92.8 Å². The predicted molar refractivity (Wildman–Crippen MR) is 101 cm³/mol. The van der Waals surface area contributed by atoms with Crippen molar-refractivity contribution < 1.29 is 23.3 Å². The van der Waals surface area contributed by atoms with E-state index >= 15 is 0 Å². The largest absolute Gasteiger partial charge is 0.449 e. The van der Waals surface area contributed by atoms with Crippen molar-refractivity contribution in [1.82, 2.24) is 0 Å². The molecule has 0 fully saturated rings. The van der Waals surface area contributed by atoms with E-state index in [-0.39, 0.29) is 18.0 Å². The number of carbonyl (C=O) groups is 3. The summed E-state index contributed by atoms with van der Waals surface area (Å²) in [5, 5.41) is 2.70. The number of nitrogens with zero attached hydrogens (tertiary/aromatic N) is 1. The number of nitrogens with one attached hydrogen (secondary N) is 1. The molecule has 0 unspecified atom stereocenters. The van der Waals surface area contributed by atoms with E-state index in [1.54, 1.807) is 42.5 Å². The molecule has 27 heavy (non-hydrogen) atoms. The lowest BCUT2D eigenvalue weighted by Crippen LogP contribution is -2.47. The molecule has 0 radical (unpaired) electrons. The third-order valence-electron chi connectivity index (χ3n) is 4.08. The van der Waals surface area contributed by atoms with Crippen LogP contribution in [0.3, 0.4) is 0 Å². The fraction of sp³-hybridized carbons (Fsp3) is 0.211. The van der Waals surface area contributed by atoms with Crippen LogP contribution >= 0.6 is 0 Å². The summed E-state index contributed by atoms with van der Waals surface area (Å²) >= 11 is 0. The summed E-state index contributed by atoms with van der Waals surface area (Å²) in [6, 6.07) is 13.3. The maximum absolute atomic E-state index is 12.8. The van der Waals surface area contributed by atoms with Crippen molar-refractivity contribution >= 4 is 40.0 Å². The summed E-state index contributed by atoms with van der Waals surface area (Å²) in [7, 11) is -1.37. The molecular formula is C19H18N2O5S. The van der Waals surface area contributed by atoms with E-state index < -0.39 is 28.8 Å². The van der Waals surface area contributed by atoms with Gasteiger partial charge in [0.15, 0.2) is 6.10 Å². The molecule has 1 aliphatic rings. The Labute approximate surface area is 158 Å². The number of hydrogen-bond donors (Lipinski definition) is 1. The lowest BCUT2D eigenvalue weighted by atomic mass is 10.1. The Bertz CT molecular complexity index is 943. The Hall–Kier alpha value is -3.00. The molecular weight excluding hydrogens is 368 g/mol. The van der Waals surface area contributed by atoms with Crippen molar-refractivity contribution in [2.75, 3.05) is 23.0 Å². The van der Waals surface area contributed by atoms with Gasteiger partial charge in [-0.3, -0.25) is 18.7 Å². The molecule has 2 aromatic rings. The molecule has 3 rings (SSSR count). The van der Waals surface area contributed by atoms with Gasteiger partial charge < -0.3 is 10.1 Å². The maximum atomic E-state index is 12.8. The number of esters is 1. The molecule has 7 nitrogen and oxygen atoms in total. The highest BCUT2D eigenvalue weighted by Gasteiger charge is 2.31. The van der Waals surface area contributed by atoms with E-state index in [2.05, 4.69) is 5.32 Å². The van der Waals surface area contributed by atoms with E-state index in [0.29, 0.717) is 16.3 Å². The number of hydrogen-bond acceptors (Lipinski definition) is 5. The van der Waals surface area contributed by atoms with Gasteiger partial charge in [0.25, 0.3) is 5.91 Å². The first-order chi connectivity index (χ1) is 12.9. The average molecular weight is 386 g/mol. The third kappa shape index (κ3) is 3.90. The van der Waals surface area contributed by atoms with Crippen LogP contribution in [-0.4, -0.2) is 40.9 Å². The van der Waals surface area contributed by atoms with Gasteiger partial charge in [-0.05, 0) is 31.2 Å². The van der Waals surface area contributed by atoms with Crippen LogP contribution in [0.1, 0.15) is 17.3 Å². The molecule has 2 amide bonds. The summed E-state index contributed by atoms with van der Waals surface area (Å²) in [4.78, 5) is 38.8. The highest BCUT2D eigenvalue weighted by molar-refractivity contribution is 7.84. The Balaban J connectivity index is 1.80. The summed E-state index contributed by atoms with van der Waals surface area (Å²) in [6.07, 6.45) is 0.346. The smallest absolute Gasteiger partial charge is 0.340 e. The second-order valence-electron chi connectivity index (χ2n) is 5.99. The van der Waals surface area contributed by atoms with Crippen LogP contribution in [0.15, 0.2) is 53.4 Å². The number of anilines is 2.